The molecule has 0 radical (unpaired) electrons. The molecule has 4 rings (SSSR count). The first-order valence-electron chi connectivity index (χ1n) is 11.1. The third-order valence-corrected chi connectivity index (χ3v) is 5.16. The van der Waals surface area contributed by atoms with Crippen molar-refractivity contribution in [1.29, 1.82) is 0 Å². The van der Waals surface area contributed by atoms with E-state index >= 15 is 0 Å². The van der Waals surface area contributed by atoms with Crippen LogP contribution in [-0.4, -0.2) is 51.8 Å². The number of fused-ring (bicyclic) bond motifs is 1. The number of rotatable bonds is 9. The highest BCUT2D eigenvalue weighted by Crippen LogP contribution is 2.35. The molecule has 1 saturated heterocycles. The van der Waals surface area contributed by atoms with Crippen LogP contribution in [0.3, 0.4) is 0 Å². The van der Waals surface area contributed by atoms with E-state index < -0.39 is 0 Å². The Morgan fingerprint density at radius 2 is 2.03 bits per heavy atom. The molecular formula is C24H31N3O5. The Balaban J connectivity index is 1.31. The van der Waals surface area contributed by atoms with Gasteiger partial charge >= 0.3 is 0 Å². The third kappa shape index (κ3) is 5.97. The number of nitrogens with zero attached hydrogens (tertiary/aromatic N) is 1. The van der Waals surface area contributed by atoms with E-state index in [0.717, 1.165) is 53.9 Å². The van der Waals surface area contributed by atoms with E-state index in [0.29, 0.717) is 32.1 Å². The summed E-state index contributed by atoms with van der Waals surface area (Å²) in [7, 11) is 0. The lowest BCUT2D eigenvalue weighted by atomic mass is 10.1. The molecule has 2 aromatic carbocycles. The SMILES string of the molecule is CCNC(=NCc1ccc(C)cc1OC1CCOC1)NCCOc1ccc2c(c1)OCO2. The minimum atomic E-state index is 0.110. The molecule has 0 aliphatic carbocycles. The molecule has 0 amide bonds. The lowest BCUT2D eigenvalue weighted by Crippen LogP contribution is -2.39. The molecule has 2 aliphatic rings. The maximum Gasteiger partial charge on any atom is 0.231 e. The lowest BCUT2D eigenvalue weighted by Gasteiger charge is -2.16. The van der Waals surface area contributed by atoms with Crippen LogP contribution in [0.2, 0.25) is 0 Å². The van der Waals surface area contributed by atoms with E-state index in [9.17, 15) is 0 Å². The first-order valence-corrected chi connectivity index (χ1v) is 11.1. The monoisotopic (exact) mass is 441 g/mol. The van der Waals surface area contributed by atoms with Crippen molar-refractivity contribution < 1.29 is 23.7 Å². The zero-order valence-electron chi connectivity index (χ0n) is 18.7. The summed E-state index contributed by atoms with van der Waals surface area (Å²) in [6, 6.07) is 11.8. The fourth-order valence-corrected chi connectivity index (χ4v) is 3.50. The Morgan fingerprint density at radius 3 is 2.88 bits per heavy atom. The molecule has 0 bridgehead atoms. The summed E-state index contributed by atoms with van der Waals surface area (Å²) >= 11 is 0. The van der Waals surface area contributed by atoms with Gasteiger partial charge in [-0.15, -0.1) is 0 Å². The van der Waals surface area contributed by atoms with Crippen molar-refractivity contribution in [2.45, 2.75) is 32.9 Å². The average molecular weight is 442 g/mol. The lowest BCUT2D eigenvalue weighted by molar-refractivity contribution is 0.140. The van der Waals surface area contributed by atoms with Crippen LogP contribution >= 0.6 is 0 Å². The van der Waals surface area contributed by atoms with Crippen LogP contribution in [0.5, 0.6) is 23.0 Å². The first-order chi connectivity index (χ1) is 15.7. The molecule has 2 aromatic rings. The standard InChI is InChI=1S/C24H31N3O5/c1-3-25-24(26-9-11-29-19-6-7-21-23(13-19)31-16-30-21)27-14-18-5-4-17(2)12-22(18)32-20-8-10-28-15-20/h4-7,12-13,20H,3,8-11,14-16H2,1-2H3,(H2,25,26,27). The van der Waals surface area contributed by atoms with Crippen LogP contribution in [0.1, 0.15) is 24.5 Å². The van der Waals surface area contributed by atoms with Gasteiger partial charge in [0.25, 0.3) is 0 Å². The summed E-state index contributed by atoms with van der Waals surface area (Å²) in [6.07, 6.45) is 1.03. The molecular weight excluding hydrogens is 410 g/mol. The van der Waals surface area contributed by atoms with Crippen molar-refractivity contribution >= 4 is 5.96 Å². The predicted molar refractivity (Wildman–Crippen MR) is 122 cm³/mol. The summed E-state index contributed by atoms with van der Waals surface area (Å²) in [6.45, 7) is 8.15. The highest BCUT2D eigenvalue weighted by atomic mass is 16.7. The van der Waals surface area contributed by atoms with Crippen molar-refractivity contribution in [2.75, 3.05) is 39.7 Å². The van der Waals surface area contributed by atoms with E-state index in [4.69, 9.17) is 28.7 Å². The fourth-order valence-electron chi connectivity index (χ4n) is 3.50. The number of benzene rings is 2. The molecule has 8 heteroatoms. The van der Waals surface area contributed by atoms with Gasteiger partial charge in [0.2, 0.25) is 6.79 Å². The van der Waals surface area contributed by atoms with Gasteiger partial charge in [-0.1, -0.05) is 12.1 Å². The molecule has 2 aliphatic heterocycles. The third-order valence-electron chi connectivity index (χ3n) is 5.16. The number of aryl methyl sites for hydroxylation is 1. The van der Waals surface area contributed by atoms with Crippen molar-refractivity contribution in [3.05, 3.63) is 47.5 Å². The first kappa shape index (κ1) is 22.1. The quantitative estimate of drug-likeness (QED) is 0.352. The van der Waals surface area contributed by atoms with E-state index in [1.807, 2.05) is 25.1 Å². The minimum absolute atomic E-state index is 0.110. The Labute approximate surface area is 188 Å². The Morgan fingerprint density at radius 1 is 1.12 bits per heavy atom. The molecule has 1 fully saturated rings. The summed E-state index contributed by atoms with van der Waals surface area (Å²) in [5.74, 6) is 3.82. The number of hydrogen-bond acceptors (Lipinski definition) is 6. The maximum absolute atomic E-state index is 6.18. The molecule has 1 unspecified atom stereocenters. The normalized spacial score (nSPS) is 17.3. The van der Waals surface area contributed by atoms with Gasteiger partial charge in [0.15, 0.2) is 17.5 Å². The second-order valence-corrected chi connectivity index (χ2v) is 7.70. The van der Waals surface area contributed by atoms with Crippen molar-refractivity contribution in [3.8, 4) is 23.0 Å². The van der Waals surface area contributed by atoms with Crippen LogP contribution in [0.4, 0.5) is 0 Å². The molecule has 172 valence electrons. The van der Waals surface area contributed by atoms with Gasteiger partial charge in [-0.3, -0.25) is 0 Å². The van der Waals surface area contributed by atoms with Gasteiger partial charge in [-0.25, -0.2) is 4.99 Å². The number of hydrogen-bond donors (Lipinski definition) is 2. The Hall–Kier alpha value is -3.13. The van der Waals surface area contributed by atoms with Crippen LogP contribution in [0, 0.1) is 6.92 Å². The van der Waals surface area contributed by atoms with Crippen LogP contribution in [0.15, 0.2) is 41.4 Å². The molecule has 1 atom stereocenters. The summed E-state index contributed by atoms with van der Waals surface area (Å²) in [4.78, 5) is 4.73. The van der Waals surface area contributed by atoms with Gasteiger partial charge in [0, 0.05) is 24.6 Å². The van der Waals surface area contributed by atoms with Gasteiger partial charge in [0.05, 0.1) is 26.3 Å². The van der Waals surface area contributed by atoms with Crippen LogP contribution < -0.4 is 29.6 Å². The van der Waals surface area contributed by atoms with E-state index in [1.165, 1.54) is 0 Å². The van der Waals surface area contributed by atoms with Gasteiger partial charge in [-0.2, -0.15) is 0 Å². The van der Waals surface area contributed by atoms with E-state index in [1.54, 1.807) is 0 Å². The van der Waals surface area contributed by atoms with Gasteiger partial charge in [-0.05, 0) is 37.6 Å². The number of ether oxygens (including phenoxy) is 5. The highest BCUT2D eigenvalue weighted by Gasteiger charge is 2.19. The van der Waals surface area contributed by atoms with Crippen molar-refractivity contribution in [3.63, 3.8) is 0 Å². The second-order valence-electron chi connectivity index (χ2n) is 7.70. The second kappa shape index (κ2) is 10.9. The highest BCUT2D eigenvalue weighted by molar-refractivity contribution is 5.79. The Bertz CT molecular complexity index is 928. The van der Waals surface area contributed by atoms with Crippen molar-refractivity contribution in [1.82, 2.24) is 10.6 Å². The summed E-state index contributed by atoms with van der Waals surface area (Å²) < 4.78 is 28.1. The number of aliphatic imine (C=N–C) groups is 1. The topological polar surface area (TPSA) is 82.6 Å². The van der Waals surface area contributed by atoms with Gasteiger partial charge < -0.3 is 34.3 Å². The maximum atomic E-state index is 6.18. The van der Waals surface area contributed by atoms with Crippen LogP contribution in [-0.2, 0) is 11.3 Å². The zero-order chi connectivity index (χ0) is 22.2. The average Bonchev–Trinajstić information content (AvgIpc) is 3.47. The largest absolute Gasteiger partial charge is 0.492 e. The molecule has 2 N–H and O–H groups in total. The van der Waals surface area contributed by atoms with E-state index in [2.05, 4.69) is 35.8 Å². The molecule has 0 spiro atoms. The molecule has 0 saturated carbocycles. The van der Waals surface area contributed by atoms with Crippen molar-refractivity contribution in [2.24, 2.45) is 4.99 Å². The molecule has 2 heterocycles. The summed E-state index contributed by atoms with van der Waals surface area (Å²) in [5, 5.41) is 6.59. The molecule has 0 aromatic heterocycles. The molecule has 32 heavy (non-hydrogen) atoms. The minimum Gasteiger partial charge on any atom is -0.492 e. The van der Waals surface area contributed by atoms with E-state index in [-0.39, 0.29) is 12.9 Å². The smallest absolute Gasteiger partial charge is 0.231 e. The van der Waals surface area contributed by atoms with Gasteiger partial charge in [0.1, 0.15) is 24.2 Å². The predicted octanol–water partition coefficient (Wildman–Crippen LogP) is 3.03. The summed E-state index contributed by atoms with van der Waals surface area (Å²) in [5.41, 5.74) is 2.22. The number of nitrogens with one attached hydrogen (secondary N) is 2. The number of guanidine groups is 1. The zero-order valence-corrected chi connectivity index (χ0v) is 18.7. The fraction of sp³-hybridized carbons (Fsp3) is 0.458. The Kier molecular flexibility index (Phi) is 7.55. The van der Waals surface area contributed by atoms with Crippen LogP contribution in [0.25, 0.3) is 0 Å². The molecule has 8 nitrogen and oxygen atoms in total.